The minimum atomic E-state index is -4.44. The number of carbonyl (C=O) groups excluding carboxylic acids is 1. The topological polar surface area (TPSA) is 153 Å². The zero-order valence-electron chi connectivity index (χ0n) is 15.9. The zero-order chi connectivity index (χ0) is 20.9. The Balaban J connectivity index is 0.00000420. The van der Waals surface area contributed by atoms with Gasteiger partial charge < -0.3 is 29.3 Å². The Hall–Kier alpha value is -1.34. The molecule has 0 aliphatic heterocycles. The second-order valence-electron chi connectivity index (χ2n) is 5.86. The van der Waals surface area contributed by atoms with Crippen molar-refractivity contribution < 1.29 is 93.9 Å². The Morgan fingerprint density at radius 2 is 1.69 bits per heavy atom. The molecular weight excluding hydrogens is 431 g/mol. The summed E-state index contributed by atoms with van der Waals surface area (Å²) in [6.45, 7) is -0.427. The van der Waals surface area contributed by atoms with E-state index in [0.29, 0.717) is 0 Å². The second kappa shape index (κ2) is 11.2. The number of hydrogen-bond acceptors (Lipinski definition) is 9. The van der Waals surface area contributed by atoms with E-state index >= 15 is 0 Å². The van der Waals surface area contributed by atoms with Crippen LogP contribution in [0.15, 0.2) is 30.3 Å². The number of hydrogen-bond donors (Lipinski definition) is 3. The number of benzene rings is 2. The van der Waals surface area contributed by atoms with E-state index in [1.807, 2.05) is 0 Å². The molecular formula is C18H19KO9S. The Morgan fingerprint density at radius 1 is 1.07 bits per heavy atom. The molecule has 0 unspecified atom stereocenters. The zero-order valence-corrected chi connectivity index (χ0v) is 19.9. The summed E-state index contributed by atoms with van der Waals surface area (Å²) in [5.41, 5.74) is 0.353. The van der Waals surface area contributed by atoms with Crippen molar-refractivity contribution in [2.45, 2.75) is 12.8 Å². The van der Waals surface area contributed by atoms with Crippen LogP contribution in [0.3, 0.4) is 0 Å². The van der Waals surface area contributed by atoms with Crippen LogP contribution in [-0.4, -0.2) is 53.5 Å². The van der Waals surface area contributed by atoms with Crippen LogP contribution in [-0.2, 0) is 16.5 Å². The Kier molecular flexibility index (Phi) is 9.88. The van der Waals surface area contributed by atoms with Gasteiger partial charge in [0, 0.05) is 29.7 Å². The fourth-order valence-electron chi connectivity index (χ4n) is 2.46. The van der Waals surface area contributed by atoms with Crippen molar-refractivity contribution in [3.8, 4) is 28.7 Å². The van der Waals surface area contributed by atoms with E-state index in [-0.39, 0.29) is 110 Å². The van der Waals surface area contributed by atoms with E-state index in [4.69, 9.17) is 9.47 Å². The maximum absolute atomic E-state index is 12.3. The van der Waals surface area contributed by atoms with Crippen molar-refractivity contribution in [2.75, 3.05) is 19.5 Å². The first kappa shape index (κ1) is 25.7. The van der Waals surface area contributed by atoms with E-state index in [1.165, 1.54) is 25.3 Å². The van der Waals surface area contributed by atoms with Crippen molar-refractivity contribution >= 4 is 15.9 Å². The molecule has 9 nitrogen and oxygen atoms in total. The molecule has 0 heterocycles. The standard InChI is InChI=1S/C18H20O9S.K/c1-26-18-5-2-11(8-17(18)22)14(19)4-3-13-15(20)9-12(10-16(13)21)27-6-7-28(23,24)25;/h2,5,8-10,20-22H,3-4,6-7H2,1H3,(H,23,24,25);/q;+1/p-1. The molecule has 152 valence electrons. The molecule has 0 bridgehead atoms. The predicted molar refractivity (Wildman–Crippen MR) is 97.1 cm³/mol. The molecule has 0 fully saturated rings. The van der Waals surface area contributed by atoms with Gasteiger partial charge in [-0.3, -0.25) is 4.79 Å². The average molecular weight is 451 g/mol. The SMILES string of the molecule is COc1ccc(C(=O)CCc2c(O)cc(OCCS(=O)(=O)[O-])cc2O)cc1O.[K+]. The van der Waals surface area contributed by atoms with Crippen molar-refractivity contribution in [1.29, 1.82) is 0 Å². The molecule has 29 heavy (non-hydrogen) atoms. The quantitative estimate of drug-likeness (QED) is 0.237. The summed E-state index contributed by atoms with van der Waals surface area (Å²) in [5.74, 6) is -1.73. The summed E-state index contributed by atoms with van der Waals surface area (Å²) in [6.07, 6.45) is -0.0416. The van der Waals surface area contributed by atoms with Gasteiger partial charge in [0.2, 0.25) is 0 Å². The maximum Gasteiger partial charge on any atom is 1.00 e. The van der Waals surface area contributed by atoms with E-state index in [9.17, 15) is 33.1 Å². The monoisotopic (exact) mass is 450 g/mol. The summed E-state index contributed by atoms with van der Waals surface area (Å²) < 4.78 is 41.6. The minimum Gasteiger partial charge on any atom is -0.748 e. The molecule has 11 heteroatoms. The van der Waals surface area contributed by atoms with Crippen molar-refractivity contribution in [2.24, 2.45) is 0 Å². The summed E-state index contributed by atoms with van der Waals surface area (Å²) in [6, 6.07) is 6.50. The molecule has 2 rings (SSSR count). The smallest absolute Gasteiger partial charge is 0.748 e. The molecule has 0 aromatic heterocycles. The molecule has 0 radical (unpaired) electrons. The second-order valence-corrected chi connectivity index (χ2v) is 7.38. The van der Waals surface area contributed by atoms with Gasteiger partial charge in [-0.25, -0.2) is 8.42 Å². The van der Waals surface area contributed by atoms with Crippen molar-refractivity contribution in [3.05, 3.63) is 41.5 Å². The Bertz CT molecular complexity index is 950. The van der Waals surface area contributed by atoms with Crippen molar-refractivity contribution in [3.63, 3.8) is 0 Å². The van der Waals surface area contributed by atoms with Gasteiger partial charge in [0.25, 0.3) is 0 Å². The maximum atomic E-state index is 12.3. The third-order valence-electron chi connectivity index (χ3n) is 3.88. The first-order chi connectivity index (χ1) is 13.1. The molecule has 0 saturated heterocycles. The third-order valence-corrected chi connectivity index (χ3v) is 4.55. The number of phenolic OH excluding ortho intramolecular Hbond substituents is 3. The van der Waals surface area contributed by atoms with Crippen LogP contribution in [0.4, 0.5) is 0 Å². The van der Waals surface area contributed by atoms with Crippen LogP contribution in [0.25, 0.3) is 0 Å². The van der Waals surface area contributed by atoms with E-state index < -0.39 is 22.5 Å². The molecule has 2 aromatic carbocycles. The van der Waals surface area contributed by atoms with Gasteiger partial charge >= 0.3 is 51.4 Å². The molecule has 0 aliphatic rings. The van der Waals surface area contributed by atoms with Crippen LogP contribution in [0, 0.1) is 0 Å². The van der Waals surface area contributed by atoms with Crippen LogP contribution in [0.2, 0.25) is 0 Å². The van der Waals surface area contributed by atoms with E-state index in [2.05, 4.69) is 0 Å². The number of methoxy groups -OCH3 is 1. The normalized spacial score (nSPS) is 10.8. The molecule has 2 aromatic rings. The van der Waals surface area contributed by atoms with Gasteiger partial charge in [-0.05, 0) is 24.6 Å². The number of carbonyl (C=O) groups is 1. The predicted octanol–water partition coefficient (Wildman–Crippen LogP) is -1.44. The van der Waals surface area contributed by atoms with Crippen molar-refractivity contribution in [1.82, 2.24) is 0 Å². The van der Waals surface area contributed by atoms with Crippen LogP contribution in [0.1, 0.15) is 22.3 Å². The average Bonchev–Trinajstić information content (AvgIpc) is 2.59. The van der Waals surface area contributed by atoms with Crippen LogP contribution < -0.4 is 60.9 Å². The fourth-order valence-corrected chi connectivity index (χ4v) is 2.75. The molecule has 0 saturated carbocycles. The van der Waals surface area contributed by atoms with Crippen LogP contribution in [0.5, 0.6) is 28.7 Å². The number of ether oxygens (including phenoxy) is 2. The van der Waals surface area contributed by atoms with Gasteiger partial charge in [0.1, 0.15) is 23.9 Å². The minimum absolute atomic E-state index is 0. The van der Waals surface area contributed by atoms with Gasteiger partial charge in [0.05, 0.1) is 23.0 Å². The van der Waals surface area contributed by atoms with Gasteiger partial charge in [0.15, 0.2) is 17.3 Å². The molecule has 3 N–H and O–H groups in total. The summed E-state index contributed by atoms with van der Waals surface area (Å²) in [7, 11) is -3.05. The number of rotatable bonds is 9. The number of ketones is 1. The first-order valence-electron chi connectivity index (χ1n) is 8.12. The largest absolute Gasteiger partial charge is 1.00 e. The Labute approximate surface area is 210 Å². The summed E-state index contributed by atoms with van der Waals surface area (Å²) in [4.78, 5) is 12.3. The Morgan fingerprint density at radius 3 is 2.21 bits per heavy atom. The van der Waals surface area contributed by atoms with Gasteiger partial charge in [-0.2, -0.15) is 0 Å². The van der Waals surface area contributed by atoms with E-state index in [1.54, 1.807) is 0 Å². The van der Waals surface area contributed by atoms with Gasteiger partial charge in [-0.1, -0.05) is 0 Å². The fraction of sp³-hybridized carbons (Fsp3) is 0.278. The number of aromatic hydroxyl groups is 3. The van der Waals surface area contributed by atoms with Crippen LogP contribution >= 0.6 is 0 Å². The number of phenols is 3. The number of Topliss-reactive ketones (excluding diaryl/α,β-unsaturated/α-hetero) is 1. The molecule has 0 spiro atoms. The third kappa shape index (κ3) is 7.77. The molecule has 0 amide bonds. The first-order valence-corrected chi connectivity index (χ1v) is 9.70. The van der Waals surface area contributed by atoms with E-state index in [0.717, 1.165) is 12.1 Å². The molecule has 0 aliphatic carbocycles. The molecule has 0 atom stereocenters. The summed E-state index contributed by atoms with van der Waals surface area (Å²) >= 11 is 0. The summed E-state index contributed by atoms with van der Waals surface area (Å²) in [5, 5.41) is 29.8. The van der Waals surface area contributed by atoms with Gasteiger partial charge in [-0.15, -0.1) is 0 Å².